The Labute approximate surface area is 175 Å². The van der Waals surface area contributed by atoms with Gasteiger partial charge in [0, 0.05) is 23.3 Å². The summed E-state index contributed by atoms with van der Waals surface area (Å²) in [5.41, 5.74) is 2.15. The highest BCUT2D eigenvalue weighted by Gasteiger charge is 2.22. The molecule has 0 radical (unpaired) electrons. The number of nitrogens with zero attached hydrogens (tertiary/aromatic N) is 2. The van der Waals surface area contributed by atoms with E-state index in [0.29, 0.717) is 35.0 Å². The van der Waals surface area contributed by atoms with Gasteiger partial charge in [0.1, 0.15) is 17.1 Å². The van der Waals surface area contributed by atoms with Crippen LogP contribution in [-0.2, 0) is 0 Å². The Bertz CT molecular complexity index is 1150. The van der Waals surface area contributed by atoms with Gasteiger partial charge in [-0.2, -0.15) is 0 Å². The Morgan fingerprint density at radius 1 is 0.967 bits per heavy atom. The second-order valence-corrected chi connectivity index (χ2v) is 6.71. The van der Waals surface area contributed by atoms with Crippen molar-refractivity contribution in [2.45, 2.75) is 13.0 Å². The normalized spacial score (nSPS) is 11.8. The number of anilines is 1. The zero-order valence-corrected chi connectivity index (χ0v) is 16.9. The van der Waals surface area contributed by atoms with E-state index in [1.165, 1.54) is 0 Å². The number of nitrogens with one attached hydrogen (secondary N) is 1. The third kappa shape index (κ3) is 3.85. The fraction of sp³-hybridized carbons (Fsp3) is 0.167. The summed E-state index contributed by atoms with van der Waals surface area (Å²) in [7, 11) is 1.61. The molecule has 4 aromatic rings. The maximum Gasteiger partial charge on any atom is 0.161 e. The molecular weight excluding hydrogens is 378 g/mol. The molecule has 2 aromatic heterocycles. The molecule has 0 amide bonds. The molecular formula is C24H23N3O3. The molecule has 0 saturated heterocycles. The van der Waals surface area contributed by atoms with Crippen molar-refractivity contribution in [2.75, 3.05) is 19.0 Å². The van der Waals surface area contributed by atoms with Gasteiger partial charge in [-0.3, -0.25) is 4.98 Å². The van der Waals surface area contributed by atoms with Crippen LogP contribution in [0.4, 0.5) is 5.82 Å². The van der Waals surface area contributed by atoms with Crippen LogP contribution < -0.4 is 14.8 Å². The molecule has 30 heavy (non-hydrogen) atoms. The lowest BCUT2D eigenvalue weighted by Crippen LogP contribution is -2.14. The van der Waals surface area contributed by atoms with Gasteiger partial charge in [-0.25, -0.2) is 4.98 Å². The lowest BCUT2D eigenvalue weighted by molar-refractivity contribution is 0.310. The summed E-state index contributed by atoms with van der Waals surface area (Å²) >= 11 is 0. The van der Waals surface area contributed by atoms with Crippen molar-refractivity contribution >= 4 is 16.7 Å². The zero-order valence-electron chi connectivity index (χ0n) is 16.9. The van der Waals surface area contributed by atoms with E-state index in [9.17, 15) is 5.11 Å². The van der Waals surface area contributed by atoms with Crippen molar-refractivity contribution in [2.24, 2.45) is 0 Å². The van der Waals surface area contributed by atoms with Crippen molar-refractivity contribution in [1.29, 1.82) is 0 Å². The maximum atomic E-state index is 11.1. The first kappa shape index (κ1) is 19.5. The van der Waals surface area contributed by atoms with E-state index in [1.54, 1.807) is 19.5 Å². The molecule has 4 rings (SSSR count). The summed E-state index contributed by atoms with van der Waals surface area (Å²) in [6.07, 6.45) is 3.40. The second kappa shape index (κ2) is 8.69. The summed E-state index contributed by atoms with van der Waals surface area (Å²) in [6, 6.07) is 18.6. The van der Waals surface area contributed by atoms with E-state index in [4.69, 9.17) is 9.47 Å². The minimum Gasteiger partial charge on any atom is -0.505 e. The molecule has 0 fully saturated rings. The van der Waals surface area contributed by atoms with Gasteiger partial charge >= 0.3 is 0 Å². The molecule has 2 N–H and O–H groups in total. The number of phenols is 1. The Hall–Kier alpha value is -3.80. The van der Waals surface area contributed by atoms with Crippen LogP contribution in [0.3, 0.4) is 0 Å². The smallest absolute Gasteiger partial charge is 0.161 e. The number of ether oxygens (including phenoxy) is 2. The number of aromatic hydroxyl groups is 1. The first-order valence-electron chi connectivity index (χ1n) is 9.76. The molecule has 152 valence electrons. The lowest BCUT2D eigenvalue weighted by Gasteiger charge is -2.23. The van der Waals surface area contributed by atoms with Crippen molar-refractivity contribution in [3.63, 3.8) is 0 Å². The Morgan fingerprint density at radius 2 is 1.83 bits per heavy atom. The average Bonchev–Trinajstić information content (AvgIpc) is 2.79. The fourth-order valence-corrected chi connectivity index (χ4v) is 3.46. The highest BCUT2D eigenvalue weighted by Crippen LogP contribution is 2.39. The Balaban J connectivity index is 1.85. The predicted molar refractivity (Wildman–Crippen MR) is 117 cm³/mol. The molecule has 0 bridgehead atoms. The zero-order chi connectivity index (χ0) is 20.9. The van der Waals surface area contributed by atoms with Crippen LogP contribution in [0.25, 0.3) is 10.9 Å². The number of pyridine rings is 2. The van der Waals surface area contributed by atoms with Crippen LogP contribution in [0.1, 0.15) is 24.1 Å². The fourth-order valence-electron chi connectivity index (χ4n) is 3.46. The number of hydrogen-bond acceptors (Lipinski definition) is 6. The third-order valence-corrected chi connectivity index (χ3v) is 4.87. The maximum absolute atomic E-state index is 11.1. The van der Waals surface area contributed by atoms with Crippen LogP contribution in [0.15, 0.2) is 73.1 Å². The van der Waals surface area contributed by atoms with E-state index in [0.717, 1.165) is 10.9 Å². The van der Waals surface area contributed by atoms with Crippen LogP contribution in [0.5, 0.6) is 17.2 Å². The highest BCUT2D eigenvalue weighted by molar-refractivity contribution is 5.86. The van der Waals surface area contributed by atoms with E-state index < -0.39 is 0 Å². The summed E-state index contributed by atoms with van der Waals surface area (Å²) < 4.78 is 11.2. The van der Waals surface area contributed by atoms with Gasteiger partial charge in [0.2, 0.25) is 0 Å². The van der Waals surface area contributed by atoms with Gasteiger partial charge in [-0.1, -0.05) is 30.3 Å². The standard InChI is InChI=1S/C24H23N3O3/c1-3-30-20-15-17(10-12-19(20)29-2)22(27-21-8-4-5-13-25-21)18-11-9-16-7-6-14-26-23(16)24(18)28/h4-15,22,28H,3H2,1-2H3,(H,25,27). The summed E-state index contributed by atoms with van der Waals surface area (Å²) in [5, 5.41) is 15.4. The van der Waals surface area contributed by atoms with Gasteiger partial charge in [-0.15, -0.1) is 0 Å². The van der Waals surface area contributed by atoms with E-state index in [1.807, 2.05) is 67.6 Å². The quantitative estimate of drug-likeness (QED) is 0.457. The molecule has 1 atom stereocenters. The molecule has 6 nitrogen and oxygen atoms in total. The first-order valence-corrected chi connectivity index (χ1v) is 9.76. The largest absolute Gasteiger partial charge is 0.505 e. The van der Waals surface area contributed by atoms with E-state index >= 15 is 0 Å². The predicted octanol–water partition coefficient (Wildman–Crippen LogP) is 4.94. The van der Waals surface area contributed by atoms with Crippen LogP contribution >= 0.6 is 0 Å². The number of benzene rings is 2. The number of rotatable bonds is 7. The van der Waals surface area contributed by atoms with Gasteiger partial charge in [-0.05, 0) is 42.8 Å². The molecule has 0 saturated carbocycles. The van der Waals surface area contributed by atoms with Crippen molar-refractivity contribution in [3.05, 3.63) is 84.2 Å². The minimum absolute atomic E-state index is 0.135. The molecule has 0 aliphatic carbocycles. The van der Waals surface area contributed by atoms with E-state index in [2.05, 4.69) is 15.3 Å². The van der Waals surface area contributed by atoms with Crippen molar-refractivity contribution < 1.29 is 14.6 Å². The van der Waals surface area contributed by atoms with Gasteiger partial charge in [0.15, 0.2) is 11.5 Å². The Morgan fingerprint density at radius 3 is 2.60 bits per heavy atom. The number of hydrogen-bond donors (Lipinski definition) is 2. The third-order valence-electron chi connectivity index (χ3n) is 4.87. The molecule has 2 aromatic carbocycles. The number of phenolic OH excluding ortho intramolecular Hbond substituents is 1. The van der Waals surface area contributed by atoms with Crippen molar-refractivity contribution in [3.8, 4) is 17.2 Å². The Kier molecular flexibility index (Phi) is 5.66. The van der Waals surface area contributed by atoms with Gasteiger partial charge < -0.3 is 19.9 Å². The van der Waals surface area contributed by atoms with Gasteiger partial charge in [0.25, 0.3) is 0 Å². The lowest BCUT2D eigenvalue weighted by atomic mass is 9.95. The average molecular weight is 401 g/mol. The second-order valence-electron chi connectivity index (χ2n) is 6.71. The molecule has 0 spiro atoms. The highest BCUT2D eigenvalue weighted by atomic mass is 16.5. The van der Waals surface area contributed by atoms with Crippen molar-refractivity contribution in [1.82, 2.24) is 9.97 Å². The SMILES string of the molecule is CCOc1cc(C(Nc2ccccn2)c2ccc3cccnc3c2O)ccc1OC. The number of fused-ring (bicyclic) bond motifs is 1. The molecule has 6 heteroatoms. The van der Waals surface area contributed by atoms with Crippen LogP contribution in [0.2, 0.25) is 0 Å². The summed E-state index contributed by atoms with van der Waals surface area (Å²) in [5.74, 6) is 2.12. The number of aromatic nitrogens is 2. The topological polar surface area (TPSA) is 76.5 Å². The van der Waals surface area contributed by atoms with Crippen LogP contribution in [0, 0.1) is 0 Å². The van der Waals surface area contributed by atoms with Gasteiger partial charge in [0.05, 0.1) is 19.8 Å². The number of methoxy groups -OCH3 is 1. The molecule has 0 aliphatic heterocycles. The van der Waals surface area contributed by atoms with Crippen LogP contribution in [-0.4, -0.2) is 28.8 Å². The van der Waals surface area contributed by atoms with E-state index in [-0.39, 0.29) is 11.8 Å². The minimum atomic E-state index is -0.378. The summed E-state index contributed by atoms with van der Waals surface area (Å²) in [6.45, 7) is 2.44. The molecule has 1 unspecified atom stereocenters. The molecule has 0 aliphatic rings. The monoisotopic (exact) mass is 401 g/mol. The summed E-state index contributed by atoms with van der Waals surface area (Å²) in [4.78, 5) is 8.75. The first-order chi connectivity index (χ1) is 14.7. The molecule has 2 heterocycles.